The second kappa shape index (κ2) is 11.1. The fourth-order valence-corrected chi connectivity index (χ4v) is 6.21. The van der Waals surface area contributed by atoms with Crippen LogP contribution in [0.1, 0.15) is 33.7 Å². The van der Waals surface area contributed by atoms with Gasteiger partial charge < -0.3 is 0 Å². The lowest BCUT2D eigenvalue weighted by atomic mass is 9.75. The molecule has 0 spiro atoms. The van der Waals surface area contributed by atoms with Gasteiger partial charge in [-0.2, -0.15) is 0 Å². The molecule has 0 nitrogen and oxygen atoms in total. The zero-order valence-corrected chi connectivity index (χ0v) is 22.8. The van der Waals surface area contributed by atoms with Crippen LogP contribution in [-0.4, -0.2) is 0 Å². The normalized spacial score (nSPS) is 11.1. The van der Waals surface area contributed by atoms with Crippen molar-refractivity contribution in [1.29, 1.82) is 0 Å². The van der Waals surface area contributed by atoms with Crippen molar-refractivity contribution in [2.75, 3.05) is 0 Å². The van der Waals surface area contributed by atoms with Crippen molar-refractivity contribution in [2.45, 2.75) is 5.92 Å². The van der Waals surface area contributed by atoms with E-state index in [1.807, 2.05) is 0 Å². The first-order valence-electron chi connectivity index (χ1n) is 14.2. The van der Waals surface area contributed by atoms with Gasteiger partial charge in [0, 0.05) is 5.92 Å². The summed E-state index contributed by atoms with van der Waals surface area (Å²) in [6.07, 6.45) is 0. The molecule has 7 rings (SSSR count). The van der Waals surface area contributed by atoms with Gasteiger partial charge in [0.1, 0.15) is 0 Å². The molecule has 0 N–H and O–H groups in total. The molecule has 0 unspecified atom stereocenters. The summed E-state index contributed by atoms with van der Waals surface area (Å²) < 4.78 is 0. The Balaban J connectivity index is 1.70. The van der Waals surface area contributed by atoms with Crippen molar-refractivity contribution in [3.8, 4) is 0 Å². The molecule has 0 radical (unpaired) electrons. The second-order valence-electron chi connectivity index (χ2n) is 10.5. The standard InChI is InChI=1S/C41H30/c1-4-18-32(19-5-1)39(33-20-6-2-7-21-33)40(34-22-8-3-9-23-34)41(37-28-14-24-30-16-10-12-26-35(30)37)38-29-15-25-31-17-11-13-27-36(31)38/h1-29,39H. The van der Waals surface area contributed by atoms with E-state index in [1.54, 1.807) is 0 Å². The van der Waals surface area contributed by atoms with Crippen LogP contribution >= 0.6 is 0 Å². The van der Waals surface area contributed by atoms with Crippen molar-refractivity contribution in [3.63, 3.8) is 0 Å². The minimum absolute atomic E-state index is 0.0211. The molecule has 0 heteroatoms. The van der Waals surface area contributed by atoms with Gasteiger partial charge in [-0.1, -0.05) is 176 Å². The molecule has 7 aromatic carbocycles. The Morgan fingerprint density at radius 2 is 0.732 bits per heavy atom. The van der Waals surface area contributed by atoms with E-state index >= 15 is 0 Å². The average Bonchev–Trinajstić information content (AvgIpc) is 3.06. The van der Waals surface area contributed by atoms with E-state index in [0.29, 0.717) is 0 Å². The van der Waals surface area contributed by atoms with E-state index in [2.05, 4.69) is 176 Å². The molecule has 0 amide bonds. The summed E-state index contributed by atoms with van der Waals surface area (Å²) in [5.41, 5.74) is 8.83. The lowest BCUT2D eigenvalue weighted by molar-refractivity contribution is 1.05. The second-order valence-corrected chi connectivity index (χ2v) is 10.5. The molecule has 41 heavy (non-hydrogen) atoms. The highest BCUT2D eigenvalue weighted by Gasteiger charge is 2.27. The van der Waals surface area contributed by atoms with Crippen LogP contribution in [0.15, 0.2) is 176 Å². The predicted molar refractivity (Wildman–Crippen MR) is 175 cm³/mol. The third-order valence-electron chi connectivity index (χ3n) is 8.03. The largest absolute Gasteiger partial charge is 0.0622 e. The Labute approximate surface area is 241 Å². The highest BCUT2D eigenvalue weighted by Crippen LogP contribution is 2.47. The molecule has 0 aromatic heterocycles. The van der Waals surface area contributed by atoms with E-state index < -0.39 is 0 Å². The number of fused-ring (bicyclic) bond motifs is 2. The maximum Gasteiger partial charge on any atom is 0.0352 e. The summed E-state index contributed by atoms with van der Waals surface area (Å²) in [6.45, 7) is 0. The van der Waals surface area contributed by atoms with Crippen LogP contribution in [0.25, 0.3) is 32.7 Å². The highest BCUT2D eigenvalue weighted by atomic mass is 14.3. The summed E-state index contributed by atoms with van der Waals surface area (Å²) in [4.78, 5) is 0. The fraction of sp³-hybridized carbons (Fsp3) is 0.0244. The summed E-state index contributed by atoms with van der Waals surface area (Å²) >= 11 is 0. The van der Waals surface area contributed by atoms with Gasteiger partial charge in [0.2, 0.25) is 0 Å². The summed E-state index contributed by atoms with van der Waals surface area (Å²) in [5, 5.41) is 5.00. The SMILES string of the molecule is c1ccc(C(=C(c2cccc3ccccc23)c2cccc3ccccc23)C(c2ccccc2)c2ccccc2)cc1. The molecule has 0 saturated carbocycles. The molecular weight excluding hydrogens is 492 g/mol. The van der Waals surface area contributed by atoms with E-state index in [-0.39, 0.29) is 5.92 Å². The molecule has 0 fully saturated rings. The van der Waals surface area contributed by atoms with E-state index in [0.717, 1.165) is 0 Å². The summed E-state index contributed by atoms with van der Waals surface area (Å²) in [5.74, 6) is 0.0211. The topological polar surface area (TPSA) is 0 Å². The van der Waals surface area contributed by atoms with Crippen LogP contribution in [-0.2, 0) is 0 Å². The Morgan fingerprint density at radius 3 is 1.22 bits per heavy atom. The van der Waals surface area contributed by atoms with Crippen LogP contribution in [0, 0.1) is 0 Å². The minimum atomic E-state index is 0.0211. The smallest absolute Gasteiger partial charge is 0.0352 e. The minimum Gasteiger partial charge on any atom is -0.0622 e. The van der Waals surface area contributed by atoms with Crippen molar-refractivity contribution in [1.82, 2.24) is 0 Å². The zero-order chi connectivity index (χ0) is 27.4. The summed E-state index contributed by atoms with van der Waals surface area (Å²) in [6, 6.07) is 63.8. The highest BCUT2D eigenvalue weighted by molar-refractivity contribution is 6.12. The van der Waals surface area contributed by atoms with Gasteiger partial charge in [-0.3, -0.25) is 0 Å². The number of hydrogen-bond acceptors (Lipinski definition) is 0. The number of allylic oxidation sites excluding steroid dienone is 1. The van der Waals surface area contributed by atoms with Crippen LogP contribution in [0.5, 0.6) is 0 Å². The van der Waals surface area contributed by atoms with Gasteiger partial charge >= 0.3 is 0 Å². The van der Waals surface area contributed by atoms with E-state index in [1.165, 1.54) is 60.5 Å². The van der Waals surface area contributed by atoms with Crippen LogP contribution in [0.3, 0.4) is 0 Å². The Kier molecular flexibility index (Phi) is 6.73. The average molecular weight is 523 g/mol. The van der Waals surface area contributed by atoms with E-state index in [9.17, 15) is 0 Å². The van der Waals surface area contributed by atoms with E-state index in [4.69, 9.17) is 0 Å². The molecule has 0 aliphatic rings. The van der Waals surface area contributed by atoms with Gasteiger partial charge in [0.05, 0.1) is 0 Å². The van der Waals surface area contributed by atoms with Crippen molar-refractivity contribution in [3.05, 3.63) is 204 Å². The third kappa shape index (κ3) is 4.75. The van der Waals surface area contributed by atoms with Crippen LogP contribution in [0.2, 0.25) is 0 Å². The zero-order valence-electron chi connectivity index (χ0n) is 22.8. The Hall–Kier alpha value is -5.20. The quantitative estimate of drug-likeness (QED) is 0.191. The van der Waals surface area contributed by atoms with Crippen molar-refractivity contribution in [2.24, 2.45) is 0 Å². The maximum absolute atomic E-state index is 2.30. The number of benzene rings is 7. The Bertz CT molecular complexity index is 1830. The lowest BCUT2D eigenvalue weighted by Crippen LogP contribution is -2.08. The first-order valence-corrected chi connectivity index (χ1v) is 14.2. The maximum atomic E-state index is 2.30. The molecule has 0 saturated heterocycles. The first-order chi connectivity index (χ1) is 20.4. The lowest BCUT2D eigenvalue weighted by Gasteiger charge is -2.28. The fourth-order valence-electron chi connectivity index (χ4n) is 6.21. The van der Waals surface area contributed by atoms with Crippen LogP contribution in [0.4, 0.5) is 0 Å². The van der Waals surface area contributed by atoms with Gasteiger partial charge in [-0.25, -0.2) is 0 Å². The molecule has 7 aromatic rings. The van der Waals surface area contributed by atoms with Gasteiger partial charge in [-0.15, -0.1) is 0 Å². The third-order valence-corrected chi connectivity index (χ3v) is 8.03. The van der Waals surface area contributed by atoms with Gasteiger partial charge in [-0.05, 0) is 60.5 Å². The monoisotopic (exact) mass is 522 g/mol. The first kappa shape index (κ1) is 24.8. The molecule has 0 heterocycles. The molecule has 194 valence electrons. The number of rotatable bonds is 6. The van der Waals surface area contributed by atoms with Crippen molar-refractivity contribution < 1.29 is 0 Å². The van der Waals surface area contributed by atoms with Gasteiger partial charge in [0.15, 0.2) is 0 Å². The predicted octanol–water partition coefficient (Wildman–Crippen LogP) is 10.8. The molecule has 0 aliphatic carbocycles. The van der Waals surface area contributed by atoms with Crippen molar-refractivity contribution >= 4 is 32.7 Å². The molecular formula is C41H30. The molecule has 0 atom stereocenters. The van der Waals surface area contributed by atoms with Crippen LogP contribution < -0.4 is 0 Å². The Morgan fingerprint density at radius 1 is 0.341 bits per heavy atom. The molecule has 0 bridgehead atoms. The summed E-state index contributed by atoms with van der Waals surface area (Å²) in [7, 11) is 0. The van der Waals surface area contributed by atoms with Gasteiger partial charge in [0.25, 0.3) is 0 Å². The molecule has 0 aliphatic heterocycles. The number of hydrogen-bond donors (Lipinski definition) is 0.